The van der Waals surface area contributed by atoms with Crippen molar-refractivity contribution >= 4 is 12.0 Å². The lowest BCUT2D eigenvalue weighted by Gasteiger charge is -2.42. The Morgan fingerprint density at radius 1 is 1.00 bits per heavy atom. The van der Waals surface area contributed by atoms with Gasteiger partial charge in [0.05, 0.1) is 6.54 Å². The Kier molecular flexibility index (Phi) is 9.02. The van der Waals surface area contributed by atoms with Crippen molar-refractivity contribution in [1.29, 1.82) is 0 Å². The molecule has 0 aliphatic carbocycles. The molecule has 0 aromatic heterocycles. The van der Waals surface area contributed by atoms with Gasteiger partial charge in [0.1, 0.15) is 17.2 Å². The molecule has 0 radical (unpaired) electrons. The van der Waals surface area contributed by atoms with E-state index in [0.29, 0.717) is 38.5 Å². The van der Waals surface area contributed by atoms with Gasteiger partial charge in [-0.15, -0.1) is 0 Å². The van der Waals surface area contributed by atoms with Crippen LogP contribution in [-0.2, 0) is 22.5 Å². The minimum atomic E-state index is -1.36. The van der Waals surface area contributed by atoms with Gasteiger partial charge in [-0.1, -0.05) is 60.2 Å². The van der Waals surface area contributed by atoms with Gasteiger partial charge >= 0.3 is 6.09 Å². The molecule has 2 fully saturated rings. The second-order valence-corrected chi connectivity index (χ2v) is 12.5. The molecule has 2 atom stereocenters. The van der Waals surface area contributed by atoms with Crippen LogP contribution in [0.1, 0.15) is 56.7 Å². The van der Waals surface area contributed by atoms with Gasteiger partial charge in [-0.05, 0) is 77.5 Å². The first kappa shape index (κ1) is 29.1. The first-order chi connectivity index (χ1) is 18.4. The molecule has 2 amide bonds. The number of rotatable bonds is 7. The number of carbonyl (C=O) groups is 2. The van der Waals surface area contributed by atoms with Crippen LogP contribution in [0, 0.1) is 12.8 Å². The maximum absolute atomic E-state index is 14.1. The third kappa shape index (κ3) is 7.61. The molecule has 2 aromatic carbocycles. The van der Waals surface area contributed by atoms with Crippen molar-refractivity contribution in [2.45, 2.75) is 77.2 Å². The Hall–Kier alpha value is -2.90. The molecular weight excluding hydrogens is 490 g/mol. The molecule has 7 nitrogen and oxygen atoms in total. The number of likely N-dealkylation sites (tertiary alicyclic amines) is 2. The van der Waals surface area contributed by atoms with Gasteiger partial charge in [0, 0.05) is 26.2 Å². The monoisotopic (exact) mass is 535 g/mol. The zero-order chi connectivity index (χ0) is 28.2. The summed E-state index contributed by atoms with van der Waals surface area (Å²) in [4.78, 5) is 32.3. The summed E-state index contributed by atoms with van der Waals surface area (Å²) in [5.74, 6) is 0.477. The highest BCUT2D eigenvalue weighted by Crippen LogP contribution is 2.32. The zero-order valence-electron chi connectivity index (χ0n) is 24.2. The highest BCUT2D eigenvalue weighted by Gasteiger charge is 2.51. The molecule has 2 aromatic rings. The van der Waals surface area contributed by atoms with Crippen molar-refractivity contribution in [3.8, 4) is 0 Å². The summed E-state index contributed by atoms with van der Waals surface area (Å²) < 4.78 is 5.56. The lowest BCUT2D eigenvalue weighted by atomic mass is 9.87. The van der Waals surface area contributed by atoms with Gasteiger partial charge in [0.15, 0.2) is 0 Å². The predicted octanol–water partition coefficient (Wildman–Crippen LogP) is 4.65. The highest BCUT2D eigenvalue weighted by atomic mass is 16.6. The Balaban J connectivity index is 1.47. The minimum absolute atomic E-state index is 0.0595. The fraction of sp³-hybridized carbons (Fsp3) is 0.562. The lowest BCUT2D eigenvalue weighted by Crippen LogP contribution is -2.61. The number of hydrogen-bond acceptors (Lipinski definition) is 5. The molecule has 4 rings (SSSR count). The fourth-order valence-electron chi connectivity index (χ4n) is 5.90. The van der Waals surface area contributed by atoms with Crippen molar-refractivity contribution in [3.63, 3.8) is 0 Å². The number of piperidine rings is 1. The fourth-order valence-corrected chi connectivity index (χ4v) is 5.90. The van der Waals surface area contributed by atoms with E-state index in [1.807, 2.05) is 68.0 Å². The number of β-amino-alcohol motifs (C(OH)–C–C–N with tert-alkyl or cyclic N) is 1. The van der Waals surface area contributed by atoms with E-state index in [1.165, 1.54) is 16.0 Å². The third-order valence-electron chi connectivity index (χ3n) is 7.96. The maximum atomic E-state index is 14.1. The zero-order valence-corrected chi connectivity index (χ0v) is 24.2. The molecule has 2 unspecified atom stereocenters. The van der Waals surface area contributed by atoms with Gasteiger partial charge in [-0.2, -0.15) is 0 Å². The summed E-state index contributed by atoms with van der Waals surface area (Å²) in [6.07, 6.45) is 2.78. The Bertz CT molecular complexity index is 1110. The van der Waals surface area contributed by atoms with E-state index in [2.05, 4.69) is 31.2 Å². The van der Waals surface area contributed by atoms with E-state index >= 15 is 0 Å². The van der Waals surface area contributed by atoms with Gasteiger partial charge < -0.3 is 19.6 Å². The first-order valence-electron chi connectivity index (χ1n) is 14.2. The Labute approximate surface area is 233 Å². The molecular formula is C32H45N3O4. The average Bonchev–Trinajstić information content (AvgIpc) is 3.28. The average molecular weight is 536 g/mol. The quantitative estimate of drug-likeness (QED) is 0.559. The molecule has 2 heterocycles. The van der Waals surface area contributed by atoms with Crippen molar-refractivity contribution in [2.24, 2.45) is 5.92 Å². The smallest absolute Gasteiger partial charge is 0.410 e. The maximum Gasteiger partial charge on any atom is 0.410 e. The minimum Gasteiger partial charge on any atom is -0.444 e. The van der Waals surface area contributed by atoms with Crippen LogP contribution in [0.2, 0.25) is 0 Å². The van der Waals surface area contributed by atoms with Crippen molar-refractivity contribution < 1.29 is 19.4 Å². The molecule has 0 spiro atoms. The van der Waals surface area contributed by atoms with Gasteiger partial charge in [0.2, 0.25) is 5.91 Å². The molecule has 212 valence electrons. The Morgan fingerprint density at radius 2 is 1.64 bits per heavy atom. The van der Waals surface area contributed by atoms with E-state index in [-0.39, 0.29) is 12.5 Å². The number of aryl methyl sites for hydroxylation is 1. The van der Waals surface area contributed by atoms with Gasteiger partial charge in [0.25, 0.3) is 0 Å². The van der Waals surface area contributed by atoms with Crippen LogP contribution in [0.4, 0.5) is 4.79 Å². The van der Waals surface area contributed by atoms with Gasteiger partial charge in [-0.3, -0.25) is 9.69 Å². The number of hydrogen-bond donors (Lipinski definition) is 1. The number of carbonyl (C=O) groups excluding carboxylic acids is 2. The number of benzene rings is 2. The number of amides is 2. The SMILES string of the molecule is Cc1ccc(CC2CCN(C(=O)C(N(C)Cc3ccccc3)C3(O)CCN(C(=O)OC(C)(C)C)C3)CC2)cc1. The molecule has 2 aliphatic heterocycles. The van der Waals surface area contributed by atoms with E-state index in [0.717, 1.165) is 24.8 Å². The molecule has 1 N–H and O–H groups in total. The van der Waals surface area contributed by atoms with Crippen molar-refractivity contribution in [1.82, 2.24) is 14.7 Å². The Morgan fingerprint density at radius 3 is 2.26 bits per heavy atom. The summed E-state index contributed by atoms with van der Waals surface area (Å²) in [5.41, 5.74) is 1.68. The van der Waals surface area contributed by atoms with Crippen molar-refractivity contribution in [2.75, 3.05) is 33.2 Å². The predicted molar refractivity (Wildman–Crippen MR) is 153 cm³/mol. The number of nitrogens with zero attached hydrogens (tertiary/aromatic N) is 3. The molecule has 0 bridgehead atoms. The standard InChI is InChI=1S/C32H45N3O4/c1-24-11-13-25(14-12-24)21-26-15-18-34(19-16-26)29(36)28(33(5)22-27-9-7-6-8-10-27)32(38)17-20-35(23-32)30(37)39-31(2,3)4/h6-14,26,28,38H,15-23H2,1-5H3. The number of likely N-dealkylation sites (N-methyl/N-ethyl adjacent to an activating group) is 1. The number of aliphatic hydroxyl groups is 1. The summed E-state index contributed by atoms with van der Waals surface area (Å²) in [5, 5.41) is 11.9. The largest absolute Gasteiger partial charge is 0.444 e. The lowest BCUT2D eigenvalue weighted by molar-refractivity contribution is -0.149. The normalized spacial score (nSPS) is 21.3. The van der Waals surface area contributed by atoms with Gasteiger partial charge in [-0.25, -0.2) is 4.79 Å². The summed E-state index contributed by atoms with van der Waals surface area (Å²) in [7, 11) is 1.90. The van der Waals surface area contributed by atoms with E-state index < -0.39 is 23.3 Å². The molecule has 2 aliphatic rings. The van der Waals surface area contributed by atoms with Crippen molar-refractivity contribution in [3.05, 3.63) is 71.3 Å². The molecule has 2 saturated heterocycles. The van der Waals surface area contributed by atoms with Crippen LogP contribution in [0.25, 0.3) is 0 Å². The highest BCUT2D eigenvalue weighted by molar-refractivity contribution is 5.84. The van der Waals surface area contributed by atoms with Crippen LogP contribution >= 0.6 is 0 Å². The molecule has 39 heavy (non-hydrogen) atoms. The third-order valence-corrected chi connectivity index (χ3v) is 7.96. The van der Waals surface area contributed by atoms with E-state index in [4.69, 9.17) is 4.74 Å². The van der Waals surface area contributed by atoms with Crippen LogP contribution in [0.15, 0.2) is 54.6 Å². The van der Waals surface area contributed by atoms with Crippen LogP contribution in [0.3, 0.4) is 0 Å². The van der Waals surface area contributed by atoms with Crippen LogP contribution in [0.5, 0.6) is 0 Å². The van der Waals surface area contributed by atoms with Crippen LogP contribution < -0.4 is 0 Å². The topological polar surface area (TPSA) is 73.3 Å². The van der Waals surface area contributed by atoms with E-state index in [1.54, 1.807) is 0 Å². The summed E-state index contributed by atoms with van der Waals surface area (Å²) in [6.45, 7) is 9.89. The number of ether oxygens (including phenoxy) is 1. The summed E-state index contributed by atoms with van der Waals surface area (Å²) in [6, 6.07) is 17.9. The van der Waals surface area contributed by atoms with E-state index in [9.17, 15) is 14.7 Å². The summed E-state index contributed by atoms with van der Waals surface area (Å²) >= 11 is 0. The second kappa shape index (κ2) is 12.1. The molecule has 7 heteroatoms. The second-order valence-electron chi connectivity index (χ2n) is 12.5. The first-order valence-corrected chi connectivity index (χ1v) is 14.2. The molecule has 0 saturated carbocycles. The van der Waals surface area contributed by atoms with Crippen LogP contribution in [-0.4, -0.2) is 82.3 Å².